The lowest BCUT2D eigenvalue weighted by Gasteiger charge is -2.36. The van der Waals surface area contributed by atoms with Crippen molar-refractivity contribution >= 4 is 40.5 Å². The molecule has 1 aliphatic rings. The molecular formula is C21H24N4O2S. The molecule has 0 aromatic heterocycles. The Morgan fingerprint density at radius 1 is 1.18 bits per heavy atom. The summed E-state index contributed by atoms with van der Waals surface area (Å²) in [6, 6.07) is 14.7. The molecule has 0 unspecified atom stereocenters. The van der Waals surface area contributed by atoms with Crippen LogP contribution >= 0.6 is 12.2 Å². The second-order valence-electron chi connectivity index (χ2n) is 6.87. The first-order valence-corrected chi connectivity index (χ1v) is 9.62. The molecule has 2 aromatic rings. The van der Waals surface area contributed by atoms with Crippen LogP contribution in [-0.4, -0.2) is 41.0 Å². The zero-order valence-electron chi connectivity index (χ0n) is 16.0. The minimum absolute atomic E-state index is 0.0236. The Morgan fingerprint density at radius 2 is 1.93 bits per heavy atom. The number of aryl methyl sites for hydroxylation is 2. The molecule has 1 fully saturated rings. The minimum atomic E-state index is -0.650. The maximum atomic E-state index is 12.6. The normalized spacial score (nSPS) is 16.3. The number of thiocarbonyl (C=S) groups is 1. The summed E-state index contributed by atoms with van der Waals surface area (Å²) < 4.78 is 0. The topological polar surface area (TPSA) is 73.5 Å². The molecule has 0 spiro atoms. The fraction of sp³-hybridized carbons (Fsp3) is 0.286. The van der Waals surface area contributed by atoms with Crippen molar-refractivity contribution in [1.29, 1.82) is 0 Å². The van der Waals surface area contributed by atoms with Gasteiger partial charge in [-0.25, -0.2) is 0 Å². The van der Waals surface area contributed by atoms with E-state index in [1.165, 1.54) is 0 Å². The summed E-state index contributed by atoms with van der Waals surface area (Å²) in [6.45, 7) is 4.99. The highest BCUT2D eigenvalue weighted by atomic mass is 32.1. The highest BCUT2D eigenvalue weighted by molar-refractivity contribution is 7.80. The predicted molar refractivity (Wildman–Crippen MR) is 115 cm³/mol. The first-order valence-electron chi connectivity index (χ1n) is 9.21. The molecule has 0 saturated carbocycles. The monoisotopic (exact) mass is 396 g/mol. The molecule has 146 valence electrons. The van der Waals surface area contributed by atoms with E-state index in [4.69, 9.17) is 12.2 Å². The van der Waals surface area contributed by atoms with Crippen LogP contribution in [0.1, 0.15) is 17.5 Å². The van der Waals surface area contributed by atoms with Gasteiger partial charge < -0.3 is 20.9 Å². The van der Waals surface area contributed by atoms with Crippen LogP contribution in [0.2, 0.25) is 0 Å². The highest BCUT2D eigenvalue weighted by Crippen LogP contribution is 2.18. The van der Waals surface area contributed by atoms with Crippen molar-refractivity contribution in [2.75, 3.05) is 23.7 Å². The number of para-hydroxylation sites is 1. The van der Waals surface area contributed by atoms with Gasteiger partial charge in [0.05, 0.1) is 6.42 Å². The Morgan fingerprint density at radius 3 is 2.64 bits per heavy atom. The number of amides is 2. The molecule has 6 nitrogen and oxygen atoms in total. The molecule has 3 rings (SSSR count). The summed E-state index contributed by atoms with van der Waals surface area (Å²) in [4.78, 5) is 26.8. The molecule has 0 bridgehead atoms. The Balaban J connectivity index is 1.68. The van der Waals surface area contributed by atoms with Crippen LogP contribution in [0.15, 0.2) is 48.5 Å². The number of hydrogen-bond donors (Lipinski definition) is 3. The number of piperazine rings is 1. The van der Waals surface area contributed by atoms with Crippen LogP contribution in [0, 0.1) is 13.8 Å². The molecule has 0 radical (unpaired) electrons. The van der Waals surface area contributed by atoms with E-state index in [0.29, 0.717) is 18.2 Å². The number of benzene rings is 2. The molecule has 1 aliphatic heterocycles. The van der Waals surface area contributed by atoms with Gasteiger partial charge in [-0.3, -0.25) is 9.59 Å². The fourth-order valence-corrected chi connectivity index (χ4v) is 3.54. The van der Waals surface area contributed by atoms with Crippen molar-refractivity contribution in [3.8, 4) is 0 Å². The molecule has 2 amide bonds. The molecule has 0 aliphatic carbocycles. The molecule has 2 aromatic carbocycles. The van der Waals surface area contributed by atoms with Crippen molar-refractivity contribution in [2.24, 2.45) is 0 Å². The van der Waals surface area contributed by atoms with Crippen LogP contribution in [0.5, 0.6) is 0 Å². The maximum Gasteiger partial charge on any atom is 0.243 e. The Kier molecular flexibility index (Phi) is 6.26. The van der Waals surface area contributed by atoms with Crippen molar-refractivity contribution < 1.29 is 9.59 Å². The molecule has 28 heavy (non-hydrogen) atoms. The number of hydrogen-bond acceptors (Lipinski definition) is 3. The van der Waals surface area contributed by atoms with Gasteiger partial charge in [-0.15, -0.1) is 0 Å². The standard InChI is InChI=1S/C21H24N4O2S/c1-14-8-9-17(15(2)12-14)24-19(26)13-18-20(27)22-10-11-25(18)21(28)23-16-6-4-3-5-7-16/h3-9,12,18H,10-11,13H2,1-2H3,(H,22,27)(H,23,28)(H,24,26)/t18-/m0/s1. The van der Waals surface area contributed by atoms with E-state index >= 15 is 0 Å². The van der Waals surface area contributed by atoms with Gasteiger partial charge in [0, 0.05) is 24.5 Å². The van der Waals surface area contributed by atoms with E-state index in [1.807, 2.05) is 62.4 Å². The number of rotatable bonds is 4. The highest BCUT2D eigenvalue weighted by Gasteiger charge is 2.33. The number of anilines is 2. The fourth-order valence-electron chi connectivity index (χ4n) is 3.21. The molecule has 3 N–H and O–H groups in total. The third-order valence-electron chi connectivity index (χ3n) is 4.65. The van der Waals surface area contributed by atoms with Crippen LogP contribution in [0.3, 0.4) is 0 Å². The van der Waals surface area contributed by atoms with Gasteiger partial charge in [-0.1, -0.05) is 35.9 Å². The van der Waals surface area contributed by atoms with E-state index < -0.39 is 6.04 Å². The Bertz CT molecular complexity index is 885. The number of nitrogens with zero attached hydrogens (tertiary/aromatic N) is 1. The quantitative estimate of drug-likeness (QED) is 0.693. The van der Waals surface area contributed by atoms with E-state index in [9.17, 15) is 9.59 Å². The van der Waals surface area contributed by atoms with E-state index in [-0.39, 0.29) is 18.2 Å². The zero-order valence-corrected chi connectivity index (χ0v) is 16.8. The first kappa shape index (κ1) is 19.8. The summed E-state index contributed by atoms with van der Waals surface area (Å²) in [6.07, 6.45) is 0.0236. The average Bonchev–Trinajstić information content (AvgIpc) is 2.66. The molecule has 7 heteroatoms. The summed E-state index contributed by atoms with van der Waals surface area (Å²) in [5.74, 6) is -0.416. The number of nitrogens with one attached hydrogen (secondary N) is 3. The van der Waals surface area contributed by atoms with Gasteiger partial charge in [0.25, 0.3) is 0 Å². The summed E-state index contributed by atoms with van der Waals surface area (Å²) in [5, 5.41) is 9.31. The molecular weight excluding hydrogens is 372 g/mol. The Labute approximate surface area is 170 Å². The minimum Gasteiger partial charge on any atom is -0.353 e. The van der Waals surface area contributed by atoms with Crippen LogP contribution in [0.25, 0.3) is 0 Å². The number of carbonyl (C=O) groups excluding carboxylic acids is 2. The van der Waals surface area contributed by atoms with Crippen molar-refractivity contribution in [3.05, 3.63) is 59.7 Å². The number of carbonyl (C=O) groups is 2. The van der Waals surface area contributed by atoms with E-state index in [0.717, 1.165) is 22.5 Å². The summed E-state index contributed by atoms with van der Waals surface area (Å²) in [5.41, 5.74) is 3.71. The van der Waals surface area contributed by atoms with Crippen molar-refractivity contribution in [3.63, 3.8) is 0 Å². The predicted octanol–water partition coefficient (Wildman–Crippen LogP) is 2.83. The van der Waals surface area contributed by atoms with E-state index in [2.05, 4.69) is 16.0 Å². The van der Waals surface area contributed by atoms with Crippen molar-refractivity contribution in [2.45, 2.75) is 26.3 Å². The molecule has 1 heterocycles. The second kappa shape index (κ2) is 8.84. The van der Waals surface area contributed by atoms with Crippen molar-refractivity contribution in [1.82, 2.24) is 10.2 Å². The second-order valence-corrected chi connectivity index (χ2v) is 7.25. The average molecular weight is 397 g/mol. The van der Waals surface area contributed by atoms with Gasteiger partial charge in [0.2, 0.25) is 11.8 Å². The SMILES string of the molecule is Cc1ccc(NC(=O)C[C@H]2C(=O)NCCN2C(=S)Nc2ccccc2)c(C)c1. The lowest BCUT2D eigenvalue weighted by molar-refractivity contribution is -0.130. The molecule has 1 atom stereocenters. The van der Waals surface area contributed by atoms with Gasteiger partial charge in [-0.05, 0) is 49.8 Å². The lowest BCUT2D eigenvalue weighted by atomic mass is 10.1. The van der Waals surface area contributed by atoms with Gasteiger partial charge in [-0.2, -0.15) is 0 Å². The van der Waals surface area contributed by atoms with E-state index in [1.54, 1.807) is 4.90 Å². The van der Waals surface area contributed by atoms with Crippen LogP contribution in [0.4, 0.5) is 11.4 Å². The summed E-state index contributed by atoms with van der Waals surface area (Å²) in [7, 11) is 0. The maximum absolute atomic E-state index is 12.6. The smallest absolute Gasteiger partial charge is 0.243 e. The summed E-state index contributed by atoms with van der Waals surface area (Å²) >= 11 is 5.51. The Hall–Kier alpha value is -2.93. The zero-order chi connectivity index (χ0) is 20.1. The molecule has 1 saturated heterocycles. The van der Waals surface area contributed by atoms with Crippen LogP contribution < -0.4 is 16.0 Å². The third-order valence-corrected chi connectivity index (χ3v) is 4.99. The van der Waals surface area contributed by atoms with Gasteiger partial charge >= 0.3 is 0 Å². The largest absolute Gasteiger partial charge is 0.353 e. The van der Waals surface area contributed by atoms with Crippen LogP contribution in [-0.2, 0) is 9.59 Å². The van der Waals surface area contributed by atoms with Gasteiger partial charge in [0.1, 0.15) is 6.04 Å². The first-order chi connectivity index (χ1) is 13.4. The lowest BCUT2D eigenvalue weighted by Crippen LogP contribution is -2.58. The third kappa shape index (κ3) is 4.86. The van der Waals surface area contributed by atoms with Gasteiger partial charge in [0.15, 0.2) is 5.11 Å².